The molecule has 82 valence electrons. The van der Waals surface area contributed by atoms with Crippen LogP contribution in [-0.4, -0.2) is 27.8 Å². The molecule has 6 heteroatoms. The largest absolute Gasteiger partial charge is 0.497 e. The number of aromatic carboxylic acids is 1. The fourth-order valence-electron chi connectivity index (χ4n) is 1.27. The maximum atomic E-state index is 10.9. The summed E-state index contributed by atoms with van der Waals surface area (Å²) < 4.78 is 8.66. The summed E-state index contributed by atoms with van der Waals surface area (Å²) in [6, 6.07) is 7.00. The Morgan fingerprint density at radius 3 is 2.62 bits per heavy atom. The molecule has 0 amide bonds. The molecule has 1 N–H and O–H groups in total. The number of hydrogen-bond donors (Lipinski definition) is 1. The number of nitrogens with zero attached hydrogens (tertiary/aromatic N) is 2. The number of carboxylic acid groups (broad SMARTS) is 1. The van der Waals surface area contributed by atoms with Crippen LogP contribution in [0.5, 0.6) is 5.75 Å². The van der Waals surface area contributed by atoms with Gasteiger partial charge in [0, 0.05) is 5.56 Å². The minimum atomic E-state index is -1.01. The molecule has 0 unspecified atom stereocenters. The van der Waals surface area contributed by atoms with Crippen LogP contribution < -0.4 is 4.74 Å². The number of hydrogen-bond acceptors (Lipinski definition) is 5. The molecule has 1 heterocycles. The lowest BCUT2D eigenvalue weighted by molar-refractivity contribution is 0.0702. The second-order valence-corrected chi connectivity index (χ2v) is 3.74. The van der Waals surface area contributed by atoms with Gasteiger partial charge in [0.15, 0.2) is 4.88 Å². The summed E-state index contributed by atoms with van der Waals surface area (Å²) in [5, 5.41) is 12.7. The van der Waals surface area contributed by atoms with Gasteiger partial charge in [-0.3, -0.25) is 0 Å². The maximum Gasteiger partial charge on any atom is 0.349 e. The van der Waals surface area contributed by atoms with Gasteiger partial charge in [-0.1, -0.05) is 4.49 Å². The monoisotopic (exact) mass is 236 g/mol. The number of rotatable bonds is 3. The van der Waals surface area contributed by atoms with E-state index in [-0.39, 0.29) is 4.88 Å². The predicted octanol–water partition coefficient (Wildman–Crippen LogP) is 1.91. The molecule has 0 saturated heterocycles. The molecule has 0 atom stereocenters. The Hall–Kier alpha value is -1.95. The van der Waals surface area contributed by atoms with Gasteiger partial charge < -0.3 is 9.84 Å². The van der Waals surface area contributed by atoms with Gasteiger partial charge in [-0.2, -0.15) is 0 Å². The Labute approximate surface area is 95.5 Å². The normalized spacial score (nSPS) is 10.1. The highest BCUT2D eigenvalue weighted by Gasteiger charge is 2.16. The molecule has 0 fully saturated rings. The summed E-state index contributed by atoms with van der Waals surface area (Å²) in [5.41, 5.74) is 1.10. The van der Waals surface area contributed by atoms with Crippen molar-refractivity contribution in [2.45, 2.75) is 0 Å². The molecule has 2 aromatic rings. The van der Waals surface area contributed by atoms with Crippen LogP contribution in [0.2, 0.25) is 0 Å². The second-order valence-electron chi connectivity index (χ2n) is 2.98. The minimum Gasteiger partial charge on any atom is -0.497 e. The van der Waals surface area contributed by atoms with Crippen molar-refractivity contribution in [1.29, 1.82) is 0 Å². The van der Waals surface area contributed by atoms with E-state index in [2.05, 4.69) is 9.59 Å². The summed E-state index contributed by atoms with van der Waals surface area (Å²) in [6.45, 7) is 0. The molecule has 0 aliphatic carbocycles. The van der Waals surface area contributed by atoms with Crippen molar-refractivity contribution in [2.24, 2.45) is 0 Å². The maximum absolute atomic E-state index is 10.9. The lowest BCUT2D eigenvalue weighted by atomic mass is 10.1. The van der Waals surface area contributed by atoms with E-state index in [9.17, 15) is 4.79 Å². The van der Waals surface area contributed by atoms with Crippen molar-refractivity contribution in [3.05, 3.63) is 29.1 Å². The molecule has 2 rings (SSSR count). The van der Waals surface area contributed by atoms with E-state index in [0.29, 0.717) is 17.0 Å². The molecule has 0 aliphatic heterocycles. The molecular weight excluding hydrogens is 228 g/mol. The van der Waals surface area contributed by atoms with Crippen LogP contribution in [0.4, 0.5) is 0 Å². The third-order valence-electron chi connectivity index (χ3n) is 2.05. The van der Waals surface area contributed by atoms with E-state index in [1.807, 2.05) is 0 Å². The van der Waals surface area contributed by atoms with Gasteiger partial charge >= 0.3 is 5.97 Å². The zero-order valence-corrected chi connectivity index (χ0v) is 9.19. The van der Waals surface area contributed by atoms with Gasteiger partial charge in [0.25, 0.3) is 0 Å². The molecule has 1 aromatic carbocycles. The van der Waals surface area contributed by atoms with Crippen LogP contribution in [0, 0.1) is 0 Å². The van der Waals surface area contributed by atoms with Crippen molar-refractivity contribution in [3.63, 3.8) is 0 Å². The molecule has 0 spiro atoms. The van der Waals surface area contributed by atoms with E-state index in [1.54, 1.807) is 31.4 Å². The van der Waals surface area contributed by atoms with Gasteiger partial charge in [-0.15, -0.1) is 5.10 Å². The van der Waals surface area contributed by atoms with Crippen LogP contribution >= 0.6 is 11.5 Å². The van der Waals surface area contributed by atoms with Crippen LogP contribution in [0.25, 0.3) is 11.3 Å². The number of carbonyl (C=O) groups is 1. The summed E-state index contributed by atoms with van der Waals surface area (Å²) in [7, 11) is 1.57. The van der Waals surface area contributed by atoms with E-state index >= 15 is 0 Å². The summed E-state index contributed by atoms with van der Waals surface area (Å²) >= 11 is 0.871. The number of benzene rings is 1. The van der Waals surface area contributed by atoms with E-state index < -0.39 is 5.97 Å². The topological polar surface area (TPSA) is 72.3 Å². The summed E-state index contributed by atoms with van der Waals surface area (Å²) in [4.78, 5) is 11.0. The van der Waals surface area contributed by atoms with E-state index in [0.717, 1.165) is 11.5 Å². The molecule has 0 saturated carbocycles. The van der Waals surface area contributed by atoms with Crippen molar-refractivity contribution >= 4 is 17.5 Å². The number of aromatic nitrogens is 2. The van der Waals surface area contributed by atoms with Gasteiger partial charge in [0.05, 0.1) is 7.11 Å². The smallest absolute Gasteiger partial charge is 0.349 e. The molecule has 16 heavy (non-hydrogen) atoms. The first kappa shape index (κ1) is 10.6. The first-order valence-corrected chi connectivity index (χ1v) is 5.20. The van der Waals surface area contributed by atoms with Crippen molar-refractivity contribution in [2.75, 3.05) is 7.11 Å². The second kappa shape index (κ2) is 4.28. The van der Waals surface area contributed by atoms with Gasteiger partial charge in [-0.05, 0) is 35.8 Å². The first-order valence-electron chi connectivity index (χ1n) is 4.42. The fraction of sp³-hybridized carbons (Fsp3) is 0.100. The lowest BCUT2D eigenvalue weighted by Gasteiger charge is -2.01. The number of carboxylic acids is 1. The Morgan fingerprint density at radius 1 is 1.38 bits per heavy atom. The molecule has 0 bridgehead atoms. The number of methoxy groups -OCH3 is 1. The molecule has 5 nitrogen and oxygen atoms in total. The van der Waals surface area contributed by atoms with Crippen LogP contribution in [-0.2, 0) is 0 Å². The van der Waals surface area contributed by atoms with Gasteiger partial charge in [0.1, 0.15) is 11.4 Å². The lowest BCUT2D eigenvalue weighted by Crippen LogP contribution is -1.95. The van der Waals surface area contributed by atoms with Crippen molar-refractivity contribution in [3.8, 4) is 17.0 Å². The summed E-state index contributed by atoms with van der Waals surface area (Å²) in [5.74, 6) is -0.301. The molecule has 1 aromatic heterocycles. The van der Waals surface area contributed by atoms with Crippen molar-refractivity contribution in [1.82, 2.24) is 9.59 Å². The highest BCUT2D eigenvalue weighted by molar-refractivity contribution is 7.08. The highest BCUT2D eigenvalue weighted by Crippen LogP contribution is 2.25. The van der Waals surface area contributed by atoms with E-state index in [1.165, 1.54) is 0 Å². The zero-order valence-electron chi connectivity index (χ0n) is 8.38. The third kappa shape index (κ3) is 1.87. The Morgan fingerprint density at radius 2 is 2.06 bits per heavy atom. The van der Waals surface area contributed by atoms with Gasteiger partial charge in [-0.25, -0.2) is 4.79 Å². The Balaban J connectivity index is 2.42. The van der Waals surface area contributed by atoms with E-state index in [4.69, 9.17) is 9.84 Å². The average Bonchev–Trinajstić information content (AvgIpc) is 2.78. The predicted molar refractivity (Wildman–Crippen MR) is 58.9 cm³/mol. The van der Waals surface area contributed by atoms with Gasteiger partial charge in [0.2, 0.25) is 0 Å². The Kier molecular flexibility index (Phi) is 2.82. The third-order valence-corrected chi connectivity index (χ3v) is 2.76. The van der Waals surface area contributed by atoms with Crippen LogP contribution in [0.15, 0.2) is 24.3 Å². The summed E-state index contributed by atoms with van der Waals surface area (Å²) in [6.07, 6.45) is 0. The first-order chi connectivity index (χ1) is 7.72. The van der Waals surface area contributed by atoms with Crippen LogP contribution in [0.3, 0.4) is 0 Å². The average molecular weight is 236 g/mol. The zero-order chi connectivity index (χ0) is 11.5. The minimum absolute atomic E-state index is 0.144. The quantitative estimate of drug-likeness (QED) is 0.881. The standard InChI is InChI=1S/C10H8N2O3S/c1-15-7-4-2-6(3-5-7)8-9(10(13)14)16-12-11-8/h2-5H,1H3,(H,13,14). The fourth-order valence-corrected chi connectivity index (χ4v) is 1.80. The molecular formula is C10H8N2O3S. The van der Waals surface area contributed by atoms with Crippen LogP contribution in [0.1, 0.15) is 9.67 Å². The SMILES string of the molecule is COc1ccc(-c2nnsc2C(=O)O)cc1. The Bertz CT molecular complexity index is 507. The molecule has 0 aliphatic rings. The number of ether oxygens (including phenoxy) is 1. The van der Waals surface area contributed by atoms with Crippen molar-refractivity contribution < 1.29 is 14.6 Å². The molecule has 0 radical (unpaired) electrons. The highest BCUT2D eigenvalue weighted by atomic mass is 32.1.